The fraction of sp³-hybridized carbons (Fsp3) is 0.450. The molecule has 1 aliphatic heterocycles. The van der Waals surface area contributed by atoms with E-state index < -0.39 is 0 Å². The van der Waals surface area contributed by atoms with Gasteiger partial charge in [0.2, 0.25) is 0 Å². The summed E-state index contributed by atoms with van der Waals surface area (Å²) in [4.78, 5) is 9.50. The SMILES string of the molecule is CCNC(=NCc1ccc(F)c(COC)c1)N1CCN(c2cccs2)CC1.I. The maximum absolute atomic E-state index is 13.8. The van der Waals surface area contributed by atoms with Gasteiger partial charge < -0.3 is 19.9 Å². The second kappa shape index (κ2) is 11.6. The standard InChI is InChI=1S/C20H27FN4OS.HI/c1-3-22-20(23-14-16-6-7-18(21)17(13-16)15-26-2)25-10-8-24(9-11-25)19-5-4-12-27-19;/h4-7,12-13H,3,8-11,14-15H2,1-2H3,(H,22,23);1H. The van der Waals surface area contributed by atoms with Crippen LogP contribution in [0.2, 0.25) is 0 Å². The zero-order chi connectivity index (χ0) is 19.1. The van der Waals surface area contributed by atoms with Gasteiger partial charge in [-0.3, -0.25) is 0 Å². The van der Waals surface area contributed by atoms with Crippen molar-refractivity contribution in [2.24, 2.45) is 4.99 Å². The van der Waals surface area contributed by atoms with Gasteiger partial charge in [0.1, 0.15) is 5.82 Å². The maximum atomic E-state index is 13.8. The molecule has 0 unspecified atom stereocenters. The van der Waals surface area contributed by atoms with Gasteiger partial charge in [-0.2, -0.15) is 0 Å². The Morgan fingerprint density at radius 3 is 2.68 bits per heavy atom. The molecule has 1 N–H and O–H groups in total. The number of hydrogen-bond acceptors (Lipinski definition) is 4. The third-order valence-electron chi connectivity index (χ3n) is 4.55. The average molecular weight is 518 g/mol. The number of ether oxygens (including phenoxy) is 1. The molecule has 2 heterocycles. The molecule has 8 heteroatoms. The van der Waals surface area contributed by atoms with E-state index in [-0.39, 0.29) is 36.4 Å². The Hall–Kier alpha value is -1.39. The van der Waals surface area contributed by atoms with Crippen molar-refractivity contribution in [3.8, 4) is 0 Å². The summed E-state index contributed by atoms with van der Waals surface area (Å²) in [6.07, 6.45) is 0. The monoisotopic (exact) mass is 518 g/mol. The van der Waals surface area contributed by atoms with E-state index >= 15 is 0 Å². The number of nitrogens with zero attached hydrogens (tertiary/aromatic N) is 3. The summed E-state index contributed by atoms with van der Waals surface area (Å²) in [5.41, 5.74) is 1.55. The first kappa shape index (κ1) is 22.9. The van der Waals surface area contributed by atoms with Crippen LogP contribution in [0.5, 0.6) is 0 Å². The Balaban J connectivity index is 0.00000280. The molecule has 0 aliphatic carbocycles. The first-order valence-corrected chi connectivity index (χ1v) is 10.2. The van der Waals surface area contributed by atoms with Crippen LogP contribution in [0.25, 0.3) is 0 Å². The van der Waals surface area contributed by atoms with Crippen molar-refractivity contribution in [2.75, 3.05) is 44.7 Å². The molecule has 5 nitrogen and oxygen atoms in total. The molecule has 154 valence electrons. The molecule has 0 atom stereocenters. The molecule has 1 aromatic carbocycles. The second-order valence-electron chi connectivity index (χ2n) is 6.45. The first-order valence-electron chi connectivity index (χ1n) is 9.29. The van der Waals surface area contributed by atoms with E-state index in [1.807, 2.05) is 6.07 Å². The van der Waals surface area contributed by atoms with Gasteiger partial charge in [-0.25, -0.2) is 9.38 Å². The van der Waals surface area contributed by atoms with Crippen molar-refractivity contribution in [1.29, 1.82) is 0 Å². The van der Waals surface area contributed by atoms with Gasteiger partial charge in [-0.05, 0) is 42.1 Å². The summed E-state index contributed by atoms with van der Waals surface area (Å²) < 4.78 is 18.8. The van der Waals surface area contributed by atoms with Gasteiger partial charge in [0.15, 0.2) is 5.96 Å². The molecule has 1 aromatic heterocycles. The minimum Gasteiger partial charge on any atom is -0.380 e. The summed E-state index contributed by atoms with van der Waals surface area (Å²) in [6, 6.07) is 9.38. The molecule has 0 amide bonds. The normalized spacial score (nSPS) is 14.8. The number of anilines is 1. The van der Waals surface area contributed by atoms with E-state index in [0.717, 1.165) is 44.2 Å². The molecule has 0 bridgehead atoms. The number of piperazine rings is 1. The van der Waals surface area contributed by atoms with Crippen LogP contribution >= 0.6 is 35.3 Å². The highest BCUT2D eigenvalue weighted by molar-refractivity contribution is 14.0. The number of guanidine groups is 1. The lowest BCUT2D eigenvalue weighted by molar-refractivity contribution is 0.181. The molecule has 0 spiro atoms. The summed E-state index contributed by atoms with van der Waals surface area (Å²) in [7, 11) is 1.57. The van der Waals surface area contributed by atoms with Crippen molar-refractivity contribution in [1.82, 2.24) is 10.2 Å². The van der Waals surface area contributed by atoms with Crippen LogP contribution in [0.4, 0.5) is 9.39 Å². The van der Waals surface area contributed by atoms with Gasteiger partial charge in [-0.1, -0.05) is 6.07 Å². The van der Waals surface area contributed by atoms with E-state index in [0.29, 0.717) is 12.1 Å². The van der Waals surface area contributed by atoms with Gasteiger partial charge in [0, 0.05) is 45.4 Å². The second-order valence-corrected chi connectivity index (χ2v) is 7.38. The summed E-state index contributed by atoms with van der Waals surface area (Å²) in [6.45, 7) is 7.52. The minimum atomic E-state index is -0.235. The molecule has 1 fully saturated rings. The van der Waals surface area contributed by atoms with Crippen LogP contribution in [-0.2, 0) is 17.9 Å². The highest BCUT2D eigenvalue weighted by Gasteiger charge is 2.20. The van der Waals surface area contributed by atoms with Gasteiger partial charge in [0.25, 0.3) is 0 Å². The Kier molecular flexibility index (Phi) is 9.46. The third kappa shape index (κ3) is 6.05. The zero-order valence-electron chi connectivity index (χ0n) is 16.4. The smallest absolute Gasteiger partial charge is 0.194 e. The lowest BCUT2D eigenvalue weighted by atomic mass is 10.1. The Morgan fingerprint density at radius 2 is 2.04 bits per heavy atom. The van der Waals surface area contributed by atoms with E-state index in [1.165, 1.54) is 11.1 Å². The number of rotatable bonds is 6. The highest BCUT2D eigenvalue weighted by atomic mass is 127. The van der Waals surface area contributed by atoms with Crippen molar-refractivity contribution >= 4 is 46.3 Å². The van der Waals surface area contributed by atoms with Crippen LogP contribution in [0.1, 0.15) is 18.1 Å². The molecular weight excluding hydrogens is 490 g/mol. The quantitative estimate of drug-likeness (QED) is 0.358. The molecule has 0 saturated carbocycles. The topological polar surface area (TPSA) is 40.1 Å². The van der Waals surface area contributed by atoms with E-state index in [9.17, 15) is 4.39 Å². The van der Waals surface area contributed by atoms with Crippen LogP contribution in [0.3, 0.4) is 0 Å². The highest BCUT2D eigenvalue weighted by Crippen LogP contribution is 2.22. The summed E-state index contributed by atoms with van der Waals surface area (Å²) in [5.74, 6) is 0.683. The number of benzene rings is 1. The minimum absolute atomic E-state index is 0. The molecule has 28 heavy (non-hydrogen) atoms. The Morgan fingerprint density at radius 1 is 1.25 bits per heavy atom. The van der Waals surface area contributed by atoms with Crippen LogP contribution < -0.4 is 10.2 Å². The number of thiophene rings is 1. The van der Waals surface area contributed by atoms with E-state index in [4.69, 9.17) is 9.73 Å². The summed E-state index contributed by atoms with van der Waals surface area (Å²) >= 11 is 1.78. The average Bonchev–Trinajstić information content (AvgIpc) is 3.22. The largest absolute Gasteiger partial charge is 0.380 e. The van der Waals surface area contributed by atoms with Crippen LogP contribution in [0.15, 0.2) is 40.7 Å². The van der Waals surface area contributed by atoms with Crippen LogP contribution in [0, 0.1) is 5.82 Å². The first-order chi connectivity index (χ1) is 13.2. The molecule has 1 aliphatic rings. The number of methoxy groups -OCH3 is 1. The van der Waals surface area contributed by atoms with Crippen molar-refractivity contribution in [3.63, 3.8) is 0 Å². The fourth-order valence-corrected chi connectivity index (χ4v) is 3.96. The number of aliphatic imine (C=N–C) groups is 1. The Bertz CT molecular complexity index is 749. The van der Waals surface area contributed by atoms with Crippen molar-refractivity contribution in [2.45, 2.75) is 20.1 Å². The molecular formula is C20H28FIN4OS. The molecule has 2 aromatic rings. The lowest BCUT2D eigenvalue weighted by Crippen LogP contribution is -2.52. The maximum Gasteiger partial charge on any atom is 0.194 e. The zero-order valence-corrected chi connectivity index (χ0v) is 19.5. The molecule has 1 saturated heterocycles. The van der Waals surface area contributed by atoms with Crippen molar-refractivity contribution < 1.29 is 9.13 Å². The Labute approximate surface area is 187 Å². The number of nitrogens with one attached hydrogen (secondary N) is 1. The van der Waals surface area contributed by atoms with E-state index in [1.54, 1.807) is 24.5 Å². The molecule has 0 radical (unpaired) electrons. The molecule has 3 rings (SSSR count). The predicted octanol–water partition coefficient (Wildman–Crippen LogP) is 3.94. The van der Waals surface area contributed by atoms with Gasteiger partial charge in [0.05, 0.1) is 18.2 Å². The fourth-order valence-electron chi connectivity index (χ4n) is 3.17. The predicted molar refractivity (Wildman–Crippen MR) is 125 cm³/mol. The van der Waals surface area contributed by atoms with E-state index in [2.05, 4.69) is 39.6 Å². The van der Waals surface area contributed by atoms with Crippen LogP contribution in [-0.4, -0.2) is 50.7 Å². The van der Waals surface area contributed by atoms with Crippen molar-refractivity contribution in [3.05, 3.63) is 52.7 Å². The van der Waals surface area contributed by atoms with Gasteiger partial charge >= 0.3 is 0 Å². The number of hydrogen-bond donors (Lipinski definition) is 1. The summed E-state index contributed by atoms with van der Waals surface area (Å²) in [5, 5.41) is 6.83. The van der Waals surface area contributed by atoms with Gasteiger partial charge in [-0.15, -0.1) is 35.3 Å². The third-order valence-corrected chi connectivity index (χ3v) is 5.48. The number of halogens is 2. The lowest BCUT2D eigenvalue weighted by Gasteiger charge is -2.37.